The smallest absolute Gasteiger partial charge is 0.243 e. The Morgan fingerprint density at radius 2 is 1.96 bits per heavy atom. The van der Waals surface area contributed by atoms with Gasteiger partial charge in [-0.1, -0.05) is 0 Å². The lowest BCUT2D eigenvalue weighted by Gasteiger charge is -2.19. The average Bonchev–Trinajstić information content (AvgIpc) is 3.15. The number of carbonyl (C=O) groups excluding carboxylic acids is 1. The van der Waals surface area contributed by atoms with Gasteiger partial charge in [0, 0.05) is 32.7 Å². The lowest BCUT2D eigenvalue weighted by Crippen LogP contribution is -2.28. The number of amides is 1. The van der Waals surface area contributed by atoms with Gasteiger partial charge in [-0.25, -0.2) is 8.42 Å². The molecule has 0 bridgehead atoms. The van der Waals surface area contributed by atoms with Gasteiger partial charge >= 0.3 is 0 Å². The maximum Gasteiger partial charge on any atom is 0.243 e. The van der Waals surface area contributed by atoms with Gasteiger partial charge in [0.2, 0.25) is 15.9 Å². The third kappa shape index (κ3) is 3.49. The number of halogens is 1. The summed E-state index contributed by atoms with van der Waals surface area (Å²) >= 11 is 3.38. The van der Waals surface area contributed by atoms with Crippen LogP contribution in [0.1, 0.15) is 18.5 Å². The van der Waals surface area contributed by atoms with Crippen LogP contribution in [0.5, 0.6) is 0 Å². The van der Waals surface area contributed by atoms with Crippen molar-refractivity contribution in [3.05, 3.63) is 40.6 Å². The van der Waals surface area contributed by atoms with Crippen LogP contribution in [0, 0.1) is 0 Å². The van der Waals surface area contributed by atoms with Crippen molar-refractivity contribution in [2.75, 3.05) is 18.5 Å². The maximum absolute atomic E-state index is 12.8. The third-order valence-corrected chi connectivity index (χ3v) is 6.79. The Hall–Kier alpha value is -1.71. The number of benzene rings is 1. The van der Waals surface area contributed by atoms with Crippen LogP contribution in [0.2, 0.25) is 0 Å². The molecule has 0 atom stereocenters. The van der Waals surface area contributed by atoms with Crippen molar-refractivity contribution in [3.63, 3.8) is 0 Å². The van der Waals surface area contributed by atoms with E-state index in [1.165, 1.54) is 11.4 Å². The van der Waals surface area contributed by atoms with Gasteiger partial charge in [0.1, 0.15) is 0 Å². The summed E-state index contributed by atoms with van der Waals surface area (Å²) < 4.78 is 29.2. The predicted molar refractivity (Wildman–Crippen MR) is 97.6 cm³/mol. The highest BCUT2D eigenvalue weighted by Crippen LogP contribution is 2.25. The Bertz CT molecular complexity index is 873. The van der Waals surface area contributed by atoms with Gasteiger partial charge in [-0.2, -0.15) is 9.40 Å². The number of hydrogen-bond donors (Lipinski definition) is 0. The molecule has 0 N–H and O–H groups in total. The van der Waals surface area contributed by atoms with Crippen molar-refractivity contribution in [2.45, 2.75) is 24.3 Å². The minimum Gasteiger partial charge on any atom is -0.312 e. The largest absolute Gasteiger partial charge is 0.312 e. The van der Waals surface area contributed by atoms with Crippen molar-refractivity contribution < 1.29 is 13.2 Å². The first-order valence-corrected chi connectivity index (χ1v) is 10.1. The third-order valence-electron chi connectivity index (χ3n) is 4.31. The highest BCUT2D eigenvalue weighted by molar-refractivity contribution is 9.10. The molecule has 1 aliphatic heterocycles. The molecule has 1 aromatic carbocycles. The zero-order valence-electron chi connectivity index (χ0n) is 14.0. The van der Waals surface area contributed by atoms with Gasteiger partial charge in [0.25, 0.3) is 0 Å². The normalized spacial score (nSPS) is 15.4. The molecule has 9 heteroatoms. The number of rotatable bonds is 5. The summed E-state index contributed by atoms with van der Waals surface area (Å²) in [7, 11) is -0.334. The number of nitrogens with zero attached hydrogens (tertiary/aromatic N) is 4. The molecule has 7 nitrogen and oxygen atoms in total. The van der Waals surface area contributed by atoms with E-state index >= 15 is 0 Å². The molecular formula is C16H19BrN4O3S. The summed E-state index contributed by atoms with van der Waals surface area (Å²) in [5, 5.41) is 4.10. The van der Waals surface area contributed by atoms with E-state index in [2.05, 4.69) is 21.0 Å². The van der Waals surface area contributed by atoms with Crippen molar-refractivity contribution in [1.29, 1.82) is 0 Å². The fourth-order valence-corrected chi connectivity index (χ4v) is 4.41. The van der Waals surface area contributed by atoms with E-state index in [4.69, 9.17) is 0 Å². The van der Waals surface area contributed by atoms with Crippen LogP contribution in [0.15, 0.2) is 39.8 Å². The first kappa shape index (κ1) is 18.1. The molecule has 0 spiro atoms. The molecular weight excluding hydrogens is 408 g/mol. The minimum atomic E-state index is -3.63. The number of carbonyl (C=O) groups is 1. The zero-order chi connectivity index (χ0) is 18.2. The first-order chi connectivity index (χ1) is 11.8. The summed E-state index contributed by atoms with van der Waals surface area (Å²) in [6.45, 7) is 0.880. The molecule has 0 aliphatic carbocycles. The second-order valence-corrected chi connectivity index (χ2v) is 8.87. The Morgan fingerprint density at radius 1 is 1.28 bits per heavy atom. The zero-order valence-corrected chi connectivity index (χ0v) is 16.4. The molecule has 1 fully saturated rings. The highest BCUT2D eigenvalue weighted by Gasteiger charge is 2.25. The number of anilines is 1. The molecule has 0 unspecified atom stereocenters. The van der Waals surface area contributed by atoms with Crippen LogP contribution in [0.3, 0.4) is 0 Å². The van der Waals surface area contributed by atoms with Gasteiger partial charge < -0.3 is 4.90 Å². The molecule has 0 saturated carbocycles. The van der Waals surface area contributed by atoms with E-state index < -0.39 is 10.0 Å². The van der Waals surface area contributed by atoms with Gasteiger partial charge in [-0.3, -0.25) is 9.48 Å². The summed E-state index contributed by atoms with van der Waals surface area (Å²) in [6.07, 6.45) is 3.02. The van der Waals surface area contributed by atoms with E-state index in [1.54, 1.807) is 47.1 Å². The minimum absolute atomic E-state index is 0.0776. The molecule has 25 heavy (non-hydrogen) atoms. The lowest BCUT2D eigenvalue weighted by atomic mass is 10.3. The van der Waals surface area contributed by atoms with Crippen LogP contribution in [0.4, 0.5) is 5.69 Å². The summed E-state index contributed by atoms with van der Waals surface area (Å²) in [5.41, 5.74) is 1.50. The molecule has 2 aromatic rings. The van der Waals surface area contributed by atoms with E-state index in [0.717, 1.165) is 22.3 Å². The standard InChI is InChI=1S/C16H19BrN4O3S/c1-19(11-15-14(17)10-18-20(15)2)25(23,24)13-7-5-12(6-8-13)21-9-3-4-16(21)22/h5-8,10H,3-4,9,11H2,1-2H3. The number of aromatic nitrogens is 2. The fourth-order valence-electron chi connectivity index (χ4n) is 2.81. The Morgan fingerprint density at radius 3 is 2.48 bits per heavy atom. The van der Waals surface area contributed by atoms with Gasteiger partial charge in [0.05, 0.1) is 27.8 Å². The summed E-state index contributed by atoms with van der Waals surface area (Å²) in [5.74, 6) is 0.0776. The van der Waals surface area contributed by atoms with Crippen molar-refractivity contribution in [3.8, 4) is 0 Å². The van der Waals surface area contributed by atoms with Crippen LogP contribution in [-0.4, -0.2) is 42.0 Å². The van der Waals surface area contributed by atoms with Crippen molar-refractivity contribution >= 4 is 37.5 Å². The second-order valence-electron chi connectivity index (χ2n) is 5.97. The molecule has 3 rings (SSSR count). The quantitative estimate of drug-likeness (QED) is 0.733. The molecule has 1 amide bonds. The number of aryl methyl sites for hydroxylation is 1. The predicted octanol–water partition coefficient (Wildman–Crippen LogP) is 2.13. The number of hydrogen-bond acceptors (Lipinski definition) is 4. The topological polar surface area (TPSA) is 75.5 Å². The number of sulfonamides is 1. The van der Waals surface area contributed by atoms with E-state index in [1.807, 2.05) is 0 Å². The maximum atomic E-state index is 12.8. The van der Waals surface area contributed by atoms with Crippen LogP contribution in [0.25, 0.3) is 0 Å². The Labute approximate surface area is 155 Å². The van der Waals surface area contributed by atoms with E-state index in [9.17, 15) is 13.2 Å². The van der Waals surface area contributed by atoms with Crippen LogP contribution < -0.4 is 4.90 Å². The van der Waals surface area contributed by atoms with Gasteiger partial charge in [-0.15, -0.1) is 0 Å². The molecule has 1 aliphatic rings. The van der Waals surface area contributed by atoms with Crippen molar-refractivity contribution in [1.82, 2.24) is 14.1 Å². The SMILES string of the molecule is CN(Cc1c(Br)cnn1C)S(=O)(=O)c1ccc(N2CCCC2=O)cc1. The molecule has 134 valence electrons. The van der Waals surface area contributed by atoms with E-state index in [-0.39, 0.29) is 17.3 Å². The molecule has 1 aromatic heterocycles. The summed E-state index contributed by atoms with van der Waals surface area (Å²) in [4.78, 5) is 13.7. The Kier molecular flexibility index (Phi) is 4.99. The first-order valence-electron chi connectivity index (χ1n) is 7.84. The van der Waals surface area contributed by atoms with Crippen LogP contribution in [-0.2, 0) is 28.4 Å². The average molecular weight is 427 g/mol. The van der Waals surface area contributed by atoms with Crippen LogP contribution >= 0.6 is 15.9 Å². The van der Waals surface area contributed by atoms with Crippen molar-refractivity contribution in [2.24, 2.45) is 7.05 Å². The molecule has 0 radical (unpaired) electrons. The Balaban J connectivity index is 1.81. The van der Waals surface area contributed by atoms with Gasteiger partial charge in [0.15, 0.2) is 0 Å². The monoisotopic (exact) mass is 426 g/mol. The second kappa shape index (κ2) is 6.89. The highest BCUT2D eigenvalue weighted by atomic mass is 79.9. The molecule has 1 saturated heterocycles. The summed E-state index contributed by atoms with van der Waals surface area (Å²) in [6, 6.07) is 6.46. The van der Waals surface area contributed by atoms with E-state index in [0.29, 0.717) is 13.0 Å². The fraction of sp³-hybridized carbons (Fsp3) is 0.375. The molecule has 2 heterocycles. The van der Waals surface area contributed by atoms with Gasteiger partial charge in [-0.05, 0) is 46.6 Å². The lowest BCUT2D eigenvalue weighted by molar-refractivity contribution is -0.117.